The molecule has 0 bridgehead atoms. The molecular weight excluding hydrogens is 320 g/mol. The van der Waals surface area contributed by atoms with Gasteiger partial charge in [-0.2, -0.15) is 0 Å². The van der Waals surface area contributed by atoms with Gasteiger partial charge in [0.25, 0.3) is 0 Å². The molecule has 0 aromatic heterocycles. The molecular formula is C19H24N2O4. The fraction of sp³-hybridized carbons (Fsp3) is 0.526. The molecule has 0 radical (unpaired) electrons. The highest BCUT2D eigenvalue weighted by Gasteiger charge is 2.50. The molecule has 0 N–H and O–H groups in total. The summed E-state index contributed by atoms with van der Waals surface area (Å²) in [5.41, 5.74) is 0.557. The first-order chi connectivity index (χ1) is 11.9. The van der Waals surface area contributed by atoms with Gasteiger partial charge >= 0.3 is 0 Å². The van der Waals surface area contributed by atoms with Gasteiger partial charge in [0, 0.05) is 6.92 Å². The number of nitrogens with zero attached hydrogens (tertiary/aromatic N) is 2. The molecule has 2 fully saturated rings. The van der Waals surface area contributed by atoms with Crippen molar-refractivity contribution in [3.63, 3.8) is 0 Å². The fourth-order valence-electron chi connectivity index (χ4n) is 3.94. The van der Waals surface area contributed by atoms with Crippen molar-refractivity contribution in [3.8, 4) is 5.75 Å². The molecule has 3 amide bonds. The van der Waals surface area contributed by atoms with Crippen LogP contribution >= 0.6 is 0 Å². The number of ether oxygens (including phenoxy) is 1. The standard InChI is InChI=1S/C19H24N2O4/c1-12-8-9-14-15(10-12)19(24)21(18(14)23)11-20(13(2)22)16-6-4-5-7-17(16)25-3/h4-7,12,14-15H,8-11H2,1-3H3/t12-,14-,15+/m0/s1. The number of hydrogen-bond acceptors (Lipinski definition) is 4. The first-order valence-electron chi connectivity index (χ1n) is 8.70. The number of anilines is 1. The first kappa shape index (κ1) is 17.5. The molecule has 6 heteroatoms. The monoisotopic (exact) mass is 344 g/mol. The van der Waals surface area contributed by atoms with E-state index in [-0.39, 0.29) is 36.2 Å². The van der Waals surface area contributed by atoms with Crippen LogP contribution in [-0.4, -0.2) is 36.4 Å². The Labute approximate surface area is 147 Å². The molecule has 25 heavy (non-hydrogen) atoms. The number of fused-ring (bicyclic) bond motifs is 1. The number of carbonyl (C=O) groups is 3. The summed E-state index contributed by atoms with van der Waals surface area (Å²) in [7, 11) is 1.53. The van der Waals surface area contributed by atoms with E-state index in [0.717, 1.165) is 19.3 Å². The van der Waals surface area contributed by atoms with Crippen LogP contribution in [0.1, 0.15) is 33.1 Å². The van der Waals surface area contributed by atoms with Crippen LogP contribution in [0.5, 0.6) is 5.75 Å². The van der Waals surface area contributed by atoms with Gasteiger partial charge in [0.15, 0.2) is 0 Å². The summed E-state index contributed by atoms with van der Waals surface area (Å²) in [6.07, 6.45) is 2.47. The fourth-order valence-corrected chi connectivity index (χ4v) is 3.94. The third-order valence-electron chi connectivity index (χ3n) is 5.32. The van der Waals surface area contributed by atoms with Crippen molar-refractivity contribution in [1.82, 2.24) is 4.90 Å². The van der Waals surface area contributed by atoms with E-state index in [0.29, 0.717) is 17.4 Å². The third kappa shape index (κ3) is 3.13. The molecule has 1 aliphatic heterocycles. The lowest BCUT2D eigenvalue weighted by Crippen LogP contribution is -2.44. The summed E-state index contributed by atoms with van der Waals surface area (Å²) in [4.78, 5) is 40.4. The maximum Gasteiger partial charge on any atom is 0.234 e. The van der Waals surface area contributed by atoms with Gasteiger partial charge in [0.1, 0.15) is 12.4 Å². The molecule has 1 heterocycles. The lowest BCUT2D eigenvalue weighted by Gasteiger charge is -2.27. The van der Waals surface area contributed by atoms with E-state index < -0.39 is 0 Å². The third-order valence-corrected chi connectivity index (χ3v) is 5.32. The lowest BCUT2D eigenvalue weighted by molar-refractivity contribution is -0.140. The van der Waals surface area contributed by atoms with E-state index in [1.54, 1.807) is 18.2 Å². The zero-order valence-corrected chi connectivity index (χ0v) is 14.9. The van der Waals surface area contributed by atoms with Crippen LogP contribution < -0.4 is 9.64 Å². The summed E-state index contributed by atoms with van der Waals surface area (Å²) < 4.78 is 5.32. The number of hydrogen-bond donors (Lipinski definition) is 0. The number of likely N-dealkylation sites (tertiary alicyclic amines) is 1. The molecule has 134 valence electrons. The largest absolute Gasteiger partial charge is 0.495 e. The molecule has 2 aliphatic rings. The van der Waals surface area contributed by atoms with Crippen molar-refractivity contribution in [2.75, 3.05) is 18.7 Å². The van der Waals surface area contributed by atoms with Gasteiger partial charge in [-0.3, -0.25) is 24.2 Å². The van der Waals surface area contributed by atoms with E-state index in [2.05, 4.69) is 6.92 Å². The minimum atomic E-state index is -0.242. The van der Waals surface area contributed by atoms with Crippen molar-refractivity contribution >= 4 is 23.4 Å². The average molecular weight is 344 g/mol. The van der Waals surface area contributed by atoms with Crippen LogP contribution in [0.25, 0.3) is 0 Å². The average Bonchev–Trinajstić information content (AvgIpc) is 2.83. The number of rotatable bonds is 4. The van der Waals surface area contributed by atoms with Gasteiger partial charge in [-0.15, -0.1) is 0 Å². The smallest absolute Gasteiger partial charge is 0.234 e. The Balaban J connectivity index is 1.87. The molecule has 1 aromatic rings. The Morgan fingerprint density at radius 3 is 2.56 bits per heavy atom. The highest BCUT2D eigenvalue weighted by atomic mass is 16.5. The van der Waals surface area contributed by atoms with Crippen molar-refractivity contribution in [2.45, 2.75) is 33.1 Å². The van der Waals surface area contributed by atoms with E-state index in [1.807, 2.05) is 6.07 Å². The number of methoxy groups -OCH3 is 1. The van der Waals surface area contributed by atoms with Crippen molar-refractivity contribution < 1.29 is 19.1 Å². The molecule has 1 saturated heterocycles. The van der Waals surface area contributed by atoms with Gasteiger partial charge in [-0.1, -0.05) is 19.1 Å². The second kappa shape index (κ2) is 6.86. The molecule has 6 nitrogen and oxygen atoms in total. The summed E-state index contributed by atoms with van der Waals surface area (Å²) in [6, 6.07) is 7.10. The number of imide groups is 1. The maximum atomic E-state index is 12.8. The highest BCUT2D eigenvalue weighted by molar-refractivity contribution is 6.06. The topological polar surface area (TPSA) is 66.9 Å². The normalized spacial score (nSPS) is 25.7. The van der Waals surface area contributed by atoms with E-state index in [9.17, 15) is 14.4 Å². The quantitative estimate of drug-likeness (QED) is 0.787. The van der Waals surface area contributed by atoms with Gasteiger partial charge < -0.3 is 4.74 Å². The van der Waals surface area contributed by atoms with Crippen LogP contribution in [0.15, 0.2) is 24.3 Å². The van der Waals surface area contributed by atoms with Crippen LogP contribution in [-0.2, 0) is 14.4 Å². The van der Waals surface area contributed by atoms with Crippen molar-refractivity contribution in [3.05, 3.63) is 24.3 Å². The minimum absolute atomic E-state index is 0.0608. The summed E-state index contributed by atoms with van der Waals surface area (Å²) in [5.74, 6) is -0.0177. The lowest BCUT2D eigenvalue weighted by atomic mass is 9.76. The van der Waals surface area contributed by atoms with Gasteiger partial charge in [0.05, 0.1) is 24.6 Å². The Morgan fingerprint density at radius 2 is 1.88 bits per heavy atom. The Kier molecular flexibility index (Phi) is 4.79. The second-order valence-corrected chi connectivity index (χ2v) is 7.00. The van der Waals surface area contributed by atoms with Crippen LogP contribution in [0.3, 0.4) is 0 Å². The molecule has 1 aliphatic carbocycles. The predicted molar refractivity (Wildman–Crippen MR) is 92.9 cm³/mol. The summed E-state index contributed by atoms with van der Waals surface area (Å²) in [6.45, 7) is 3.48. The SMILES string of the molecule is COc1ccccc1N(CN1C(=O)[C@H]2CC[C@H](C)C[C@H]2C1=O)C(C)=O. The van der Waals surface area contributed by atoms with Gasteiger partial charge in [0.2, 0.25) is 17.7 Å². The van der Waals surface area contributed by atoms with E-state index in [1.165, 1.54) is 23.8 Å². The Hall–Kier alpha value is -2.37. The number of amides is 3. The van der Waals surface area contributed by atoms with Crippen molar-refractivity contribution in [2.24, 2.45) is 17.8 Å². The van der Waals surface area contributed by atoms with Crippen LogP contribution in [0.2, 0.25) is 0 Å². The Morgan fingerprint density at radius 1 is 1.20 bits per heavy atom. The molecule has 0 spiro atoms. The second-order valence-electron chi connectivity index (χ2n) is 7.00. The molecule has 0 unspecified atom stereocenters. The molecule has 3 atom stereocenters. The van der Waals surface area contributed by atoms with E-state index >= 15 is 0 Å². The number of carbonyl (C=O) groups excluding carboxylic acids is 3. The zero-order chi connectivity index (χ0) is 18.1. The summed E-state index contributed by atoms with van der Waals surface area (Å²) >= 11 is 0. The van der Waals surface area contributed by atoms with Gasteiger partial charge in [-0.25, -0.2) is 0 Å². The predicted octanol–water partition coefficient (Wildman–Crippen LogP) is 2.43. The molecule has 1 aromatic carbocycles. The summed E-state index contributed by atoms with van der Waals surface area (Å²) in [5, 5.41) is 0. The van der Waals surface area contributed by atoms with E-state index in [4.69, 9.17) is 4.74 Å². The first-order valence-corrected chi connectivity index (χ1v) is 8.70. The van der Waals surface area contributed by atoms with Gasteiger partial charge in [-0.05, 0) is 37.3 Å². The zero-order valence-electron chi connectivity index (χ0n) is 14.9. The Bertz CT molecular complexity index is 702. The number of para-hydroxylation sites is 2. The minimum Gasteiger partial charge on any atom is -0.495 e. The van der Waals surface area contributed by atoms with Crippen LogP contribution in [0.4, 0.5) is 5.69 Å². The number of benzene rings is 1. The maximum absolute atomic E-state index is 12.8. The van der Waals surface area contributed by atoms with Crippen LogP contribution in [0, 0.1) is 17.8 Å². The van der Waals surface area contributed by atoms with Crippen molar-refractivity contribution in [1.29, 1.82) is 0 Å². The molecule has 3 rings (SSSR count). The molecule has 1 saturated carbocycles. The highest BCUT2D eigenvalue weighted by Crippen LogP contribution is 2.41.